The Hall–Kier alpha value is -4.72. The lowest BCUT2D eigenvalue weighted by atomic mass is 10.4. The maximum Gasteiger partial charge on any atom is 0.470 e. The molecule has 0 aliphatic rings. The van der Waals surface area contributed by atoms with Crippen LogP contribution in [0.2, 0.25) is 6.04 Å². The van der Waals surface area contributed by atoms with Crippen LogP contribution in [0, 0.1) is 0 Å². The first-order valence-electron chi connectivity index (χ1n) is 17.7. The zero-order valence-electron chi connectivity index (χ0n) is 29.4. The highest BCUT2D eigenvalue weighted by Crippen LogP contribution is 2.23. The molecule has 52 heavy (non-hydrogen) atoms. The Bertz CT molecular complexity index is 1650. The van der Waals surface area contributed by atoms with Gasteiger partial charge in [0.15, 0.2) is 0 Å². The largest absolute Gasteiger partial charge is 0.470 e. The minimum Gasteiger partial charge on any atom is -0.462 e. The molecule has 0 aliphatic heterocycles. The Morgan fingerprint density at radius 2 is 0.731 bits per heavy atom. The molecule has 5 nitrogen and oxygen atoms in total. The van der Waals surface area contributed by atoms with Crippen molar-refractivity contribution in [2.45, 2.75) is 19.4 Å². The van der Waals surface area contributed by atoms with E-state index in [0.717, 1.165) is 31.1 Å². The van der Waals surface area contributed by atoms with Crippen molar-refractivity contribution in [2.24, 2.45) is 0 Å². The second-order valence-electron chi connectivity index (χ2n) is 12.7. The number of carbonyl (C=O) groups is 1. The van der Waals surface area contributed by atoms with E-state index >= 15 is 0 Å². The summed E-state index contributed by atoms with van der Waals surface area (Å²) in [6.07, 6.45) is 0.505. The summed E-state index contributed by atoms with van der Waals surface area (Å²) in [6.45, 7) is 5.64. The molecule has 0 aromatic heterocycles. The molecule has 0 radical (unpaired) electrons. The lowest BCUT2D eigenvalue weighted by molar-refractivity contribution is -0.138. The smallest absolute Gasteiger partial charge is 0.462 e. The third-order valence-electron chi connectivity index (χ3n) is 8.72. The molecule has 6 rings (SSSR count). The van der Waals surface area contributed by atoms with Crippen LogP contribution in [0.15, 0.2) is 194 Å². The quantitative estimate of drug-likeness (QED) is 0.0609. The molecule has 0 atom stereocenters. The molecular formula is C43H44O5Si4. The summed E-state index contributed by atoms with van der Waals surface area (Å²) in [5.74, 6) is -0.405. The first-order valence-corrected chi connectivity index (χ1v) is 24.5. The van der Waals surface area contributed by atoms with Gasteiger partial charge in [-0.05, 0) is 44.5 Å². The number of ether oxygens (including phenoxy) is 1. The lowest BCUT2D eigenvalue weighted by Gasteiger charge is -2.39. The van der Waals surface area contributed by atoms with Crippen LogP contribution in [0.1, 0.15) is 13.3 Å². The first-order chi connectivity index (χ1) is 25.5. The van der Waals surface area contributed by atoms with E-state index < -0.39 is 41.9 Å². The fraction of sp³-hybridized carbons (Fsp3) is 0.0930. The summed E-state index contributed by atoms with van der Waals surface area (Å²) in [4.78, 5) is 12.5. The van der Waals surface area contributed by atoms with Crippen LogP contribution < -0.4 is 31.1 Å². The Morgan fingerprint density at radius 1 is 0.481 bits per heavy atom. The minimum absolute atomic E-state index is 0.200. The SMILES string of the molecule is C=C(C)C(=O)OCCC[Si](O[SiH](c1ccccc1)c1ccccc1)(O[SiH](c1ccccc1)c1ccccc1)O[SiH](c1ccccc1)c1ccccc1. The molecule has 0 saturated heterocycles. The molecule has 9 heteroatoms. The van der Waals surface area contributed by atoms with Crippen molar-refractivity contribution in [1.29, 1.82) is 0 Å². The molecule has 0 unspecified atom stereocenters. The second kappa shape index (κ2) is 18.7. The number of benzene rings is 6. The van der Waals surface area contributed by atoms with E-state index in [-0.39, 0.29) is 6.61 Å². The summed E-state index contributed by atoms with van der Waals surface area (Å²) < 4.78 is 28.9. The van der Waals surface area contributed by atoms with Gasteiger partial charge in [-0.2, -0.15) is 0 Å². The average Bonchev–Trinajstić information content (AvgIpc) is 3.21. The van der Waals surface area contributed by atoms with Crippen LogP contribution in [-0.2, 0) is 21.9 Å². The maximum absolute atomic E-state index is 12.5. The van der Waals surface area contributed by atoms with E-state index in [1.54, 1.807) is 6.92 Å². The minimum atomic E-state index is -3.71. The van der Waals surface area contributed by atoms with Gasteiger partial charge in [0, 0.05) is 11.6 Å². The molecule has 6 aromatic rings. The second-order valence-corrected chi connectivity index (χ2v) is 23.6. The van der Waals surface area contributed by atoms with Crippen molar-refractivity contribution >= 4 is 73.0 Å². The van der Waals surface area contributed by atoms with Crippen LogP contribution >= 0.6 is 0 Å². The van der Waals surface area contributed by atoms with Crippen LogP contribution in [0.4, 0.5) is 0 Å². The Labute approximate surface area is 313 Å². The van der Waals surface area contributed by atoms with Gasteiger partial charge in [0.2, 0.25) is 27.1 Å². The average molecular weight is 753 g/mol. The Kier molecular flexibility index (Phi) is 13.3. The van der Waals surface area contributed by atoms with Gasteiger partial charge in [0.05, 0.1) is 6.61 Å². The lowest BCUT2D eigenvalue weighted by Crippen LogP contribution is -2.66. The number of rotatable bonds is 17. The molecule has 0 aliphatic carbocycles. The van der Waals surface area contributed by atoms with Crippen molar-refractivity contribution in [3.8, 4) is 0 Å². The zero-order valence-corrected chi connectivity index (χ0v) is 33.9. The van der Waals surface area contributed by atoms with Crippen molar-refractivity contribution in [1.82, 2.24) is 0 Å². The van der Waals surface area contributed by atoms with Crippen molar-refractivity contribution < 1.29 is 21.9 Å². The Morgan fingerprint density at radius 3 is 0.962 bits per heavy atom. The number of carbonyl (C=O) groups excluding carboxylic acids is 1. The molecule has 0 amide bonds. The molecule has 0 fully saturated rings. The fourth-order valence-electron chi connectivity index (χ4n) is 6.13. The topological polar surface area (TPSA) is 54.0 Å². The van der Waals surface area contributed by atoms with Gasteiger partial charge in [0.25, 0.3) is 0 Å². The summed E-state index contributed by atoms with van der Waals surface area (Å²) in [5, 5.41) is 6.84. The van der Waals surface area contributed by atoms with Crippen molar-refractivity contribution in [2.75, 3.05) is 6.61 Å². The highest BCUT2D eigenvalue weighted by atomic mass is 28.5. The van der Waals surface area contributed by atoms with Crippen LogP contribution in [0.5, 0.6) is 0 Å². The molecule has 0 heterocycles. The fourth-order valence-corrected chi connectivity index (χ4v) is 22.4. The number of esters is 1. The summed E-state index contributed by atoms with van der Waals surface area (Å²) in [7, 11) is -11.0. The van der Waals surface area contributed by atoms with E-state index in [0.29, 0.717) is 18.0 Å². The molecular weight excluding hydrogens is 709 g/mol. The van der Waals surface area contributed by atoms with Gasteiger partial charge >= 0.3 is 14.8 Å². The first kappa shape index (κ1) is 37.0. The molecule has 0 saturated carbocycles. The molecule has 6 aromatic carbocycles. The maximum atomic E-state index is 12.5. The predicted molar refractivity (Wildman–Crippen MR) is 222 cm³/mol. The van der Waals surface area contributed by atoms with Gasteiger partial charge in [-0.1, -0.05) is 189 Å². The van der Waals surface area contributed by atoms with Gasteiger partial charge in [-0.3, -0.25) is 0 Å². The highest BCUT2D eigenvalue weighted by molar-refractivity contribution is 6.95. The predicted octanol–water partition coefficient (Wildman–Crippen LogP) is 4.10. The van der Waals surface area contributed by atoms with Crippen molar-refractivity contribution in [3.63, 3.8) is 0 Å². The van der Waals surface area contributed by atoms with Gasteiger partial charge in [0.1, 0.15) is 0 Å². The molecule has 0 N–H and O–H groups in total. The Balaban J connectivity index is 1.54. The zero-order chi connectivity index (χ0) is 36.0. The highest BCUT2D eigenvalue weighted by Gasteiger charge is 2.48. The van der Waals surface area contributed by atoms with Gasteiger partial charge < -0.3 is 17.1 Å². The van der Waals surface area contributed by atoms with Crippen LogP contribution in [0.25, 0.3) is 0 Å². The number of hydrogen-bond acceptors (Lipinski definition) is 5. The van der Waals surface area contributed by atoms with E-state index in [9.17, 15) is 4.79 Å². The van der Waals surface area contributed by atoms with E-state index in [1.165, 1.54) is 0 Å². The normalized spacial score (nSPS) is 11.5. The van der Waals surface area contributed by atoms with Crippen LogP contribution in [0.3, 0.4) is 0 Å². The monoisotopic (exact) mass is 752 g/mol. The third kappa shape index (κ3) is 9.99. The third-order valence-corrected chi connectivity index (χ3v) is 22.8. The number of hydrogen-bond donors (Lipinski definition) is 0. The summed E-state index contributed by atoms with van der Waals surface area (Å²) >= 11 is 0. The van der Waals surface area contributed by atoms with Crippen LogP contribution in [-0.4, -0.2) is 48.5 Å². The molecule has 0 spiro atoms. The standard InChI is InChI=1S/C43H44O5Si4/c1-36(2)43(44)45-34-21-35-52(46-49(37-22-9-3-10-23-37)38-24-11-4-12-25-38,47-50(39-26-13-5-14-27-39)40-28-15-6-16-29-40)48-51(41-30-17-7-18-31-41)42-32-19-8-20-33-42/h3-20,22-33,49-51H,1,21,34-35H2,2H3. The molecule has 262 valence electrons. The van der Waals surface area contributed by atoms with E-state index in [2.05, 4.69) is 152 Å². The summed E-state index contributed by atoms with van der Waals surface area (Å²) in [6, 6.07) is 63.4. The summed E-state index contributed by atoms with van der Waals surface area (Å²) in [5.41, 5.74) is 0.370. The van der Waals surface area contributed by atoms with E-state index in [4.69, 9.17) is 17.1 Å². The van der Waals surface area contributed by atoms with Gasteiger partial charge in [-0.15, -0.1) is 0 Å². The van der Waals surface area contributed by atoms with Crippen molar-refractivity contribution in [3.05, 3.63) is 194 Å². The molecule has 0 bridgehead atoms. The van der Waals surface area contributed by atoms with E-state index in [1.807, 2.05) is 36.4 Å². The van der Waals surface area contributed by atoms with Gasteiger partial charge in [-0.25, -0.2) is 4.79 Å².